The van der Waals surface area contributed by atoms with Crippen molar-refractivity contribution in [2.75, 3.05) is 0 Å². The van der Waals surface area contributed by atoms with Crippen molar-refractivity contribution in [3.63, 3.8) is 0 Å². The minimum Gasteiger partial charge on any atom is -0.460 e. The van der Waals surface area contributed by atoms with E-state index >= 15 is 0 Å². The van der Waals surface area contributed by atoms with E-state index in [0.717, 1.165) is 12.0 Å². The fraction of sp³-hybridized carbons (Fsp3) is 0.533. The van der Waals surface area contributed by atoms with E-state index in [9.17, 15) is 4.79 Å². The van der Waals surface area contributed by atoms with Crippen LogP contribution in [-0.2, 0) is 16.0 Å². The highest BCUT2D eigenvalue weighted by Crippen LogP contribution is 2.20. The zero-order valence-corrected chi connectivity index (χ0v) is 11.4. The largest absolute Gasteiger partial charge is 0.460 e. The van der Waals surface area contributed by atoms with Crippen LogP contribution in [0.5, 0.6) is 0 Å². The maximum absolute atomic E-state index is 11.9. The number of hydrogen-bond acceptors (Lipinski definition) is 2. The highest BCUT2D eigenvalue weighted by Gasteiger charge is 2.22. The van der Waals surface area contributed by atoms with Crippen LogP contribution in [0.2, 0.25) is 0 Å². The highest BCUT2D eigenvalue weighted by molar-refractivity contribution is 5.78. The summed E-state index contributed by atoms with van der Waals surface area (Å²) in [7, 11) is 0. The number of carbonyl (C=O) groups excluding carboxylic acids is 1. The SMILES string of the molecule is CCc1ccc([C@H](C)C(=O)OC(C)(C)C)cc1. The molecule has 2 heteroatoms. The van der Waals surface area contributed by atoms with Crippen LogP contribution in [0.4, 0.5) is 0 Å². The third-order valence-corrected chi connectivity index (χ3v) is 2.65. The monoisotopic (exact) mass is 234 g/mol. The molecule has 0 aliphatic heterocycles. The van der Waals surface area contributed by atoms with Crippen molar-refractivity contribution >= 4 is 5.97 Å². The fourth-order valence-corrected chi connectivity index (χ4v) is 1.57. The lowest BCUT2D eigenvalue weighted by Gasteiger charge is -2.22. The van der Waals surface area contributed by atoms with Gasteiger partial charge in [-0.3, -0.25) is 4.79 Å². The van der Waals surface area contributed by atoms with Crippen LogP contribution in [0.15, 0.2) is 24.3 Å². The van der Waals surface area contributed by atoms with Crippen molar-refractivity contribution in [2.45, 2.75) is 52.6 Å². The van der Waals surface area contributed by atoms with Gasteiger partial charge in [-0.15, -0.1) is 0 Å². The lowest BCUT2D eigenvalue weighted by Crippen LogP contribution is -2.26. The van der Waals surface area contributed by atoms with Crippen molar-refractivity contribution in [3.05, 3.63) is 35.4 Å². The summed E-state index contributed by atoms with van der Waals surface area (Å²) >= 11 is 0. The van der Waals surface area contributed by atoms with Gasteiger partial charge in [0.25, 0.3) is 0 Å². The number of hydrogen-bond donors (Lipinski definition) is 0. The molecule has 2 nitrogen and oxygen atoms in total. The average molecular weight is 234 g/mol. The van der Waals surface area contributed by atoms with E-state index in [0.29, 0.717) is 0 Å². The first-order valence-corrected chi connectivity index (χ1v) is 6.15. The van der Waals surface area contributed by atoms with Crippen LogP contribution in [0.25, 0.3) is 0 Å². The molecule has 17 heavy (non-hydrogen) atoms. The fourth-order valence-electron chi connectivity index (χ4n) is 1.57. The zero-order chi connectivity index (χ0) is 13.1. The van der Waals surface area contributed by atoms with E-state index in [1.165, 1.54) is 5.56 Å². The minimum absolute atomic E-state index is 0.165. The molecule has 94 valence electrons. The molecule has 1 rings (SSSR count). The number of rotatable bonds is 3. The first kappa shape index (κ1) is 13.8. The summed E-state index contributed by atoms with van der Waals surface area (Å²) in [4.78, 5) is 11.9. The third kappa shape index (κ3) is 4.22. The molecule has 0 saturated carbocycles. The first-order chi connectivity index (χ1) is 7.83. The molecule has 1 aromatic carbocycles. The summed E-state index contributed by atoms with van der Waals surface area (Å²) in [6.45, 7) is 9.66. The highest BCUT2D eigenvalue weighted by atomic mass is 16.6. The van der Waals surface area contributed by atoms with E-state index in [-0.39, 0.29) is 11.9 Å². The Morgan fingerprint density at radius 2 is 1.76 bits per heavy atom. The van der Waals surface area contributed by atoms with Crippen LogP contribution in [-0.4, -0.2) is 11.6 Å². The molecule has 0 radical (unpaired) electrons. The van der Waals surface area contributed by atoms with Gasteiger partial charge in [0.1, 0.15) is 5.60 Å². The van der Waals surface area contributed by atoms with Crippen molar-refractivity contribution in [1.82, 2.24) is 0 Å². The quantitative estimate of drug-likeness (QED) is 0.745. The summed E-state index contributed by atoms with van der Waals surface area (Å²) in [5, 5.41) is 0. The molecule has 0 heterocycles. The molecule has 0 saturated heterocycles. The van der Waals surface area contributed by atoms with E-state index in [2.05, 4.69) is 19.1 Å². The Kier molecular flexibility index (Phi) is 4.33. The lowest BCUT2D eigenvalue weighted by molar-refractivity contribution is -0.156. The normalized spacial score (nSPS) is 13.2. The Hall–Kier alpha value is -1.31. The van der Waals surface area contributed by atoms with Crippen LogP contribution in [0.3, 0.4) is 0 Å². The molecule has 0 unspecified atom stereocenters. The minimum atomic E-state index is -0.422. The summed E-state index contributed by atoms with van der Waals surface area (Å²) < 4.78 is 5.37. The van der Waals surface area contributed by atoms with Gasteiger partial charge in [-0.1, -0.05) is 31.2 Å². The van der Waals surface area contributed by atoms with Crippen LogP contribution in [0, 0.1) is 0 Å². The van der Waals surface area contributed by atoms with E-state index in [4.69, 9.17) is 4.74 Å². The molecule has 1 aromatic rings. The summed E-state index contributed by atoms with van der Waals surface area (Å²) in [5.41, 5.74) is 1.87. The molecule has 0 bridgehead atoms. The molecular weight excluding hydrogens is 212 g/mol. The van der Waals surface area contributed by atoms with Gasteiger partial charge < -0.3 is 4.74 Å². The van der Waals surface area contributed by atoms with Gasteiger partial charge in [0.05, 0.1) is 5.92 Å². The van der Waals surface area contributed by atoms with Gasteiger partial charge in [-0.25, -0.2) is 0 Å². The number of benzene rings is 1. The molecule has 0 aliphatic carbocycles. The van der Waals surface area contributed by atoms with Gasteiger partial charge in [-0.05, 0) is 45.2 Å². The number of aryl methyl sites for hydroxylation is 1. The Labute approximate surface area is 104 Å². The van der Waals surface area contributed by atoms with E-state index < -0.39 is 5.60 Å². The molecule has 0 aliphatic rings. The second-order valence-electron chi connectivity index (χ2n) is 5.35. The summed E-state index contributed by atoms with van der Waals surface area (Å²) in [6, 6.07) is 8.15. The second kappa shape index (κ2) is 5.35. The Morgan fingerprint density at radius 3 is 2.18 bits per heavy atom. The van der Waals surface area contributed by atoms with Gasteiger partial charge in [0.2, 0.25) is 0 Å². The smallest absolute Gasteiger partial charge is 0.313 e. The Morgan fingerprint density at radius 1 is 1.24 bits per heavy atom. The van der Waals surface area contributed by atoms with Crippen molar-refractivity contribution < 1.29 is 9.53 Å². The van der Waals surface area contributed by atoms with E-state index in [1.807, 2.05) is 39.8 Å². The van der Waals surface area contributed by atoms with Crippen molar-refractivity contribution in [3.8, 4) is 0 Å². The third-order valence-electron chi connectivity index (χ3n) is 2.65. The van der Waals surface area contributed by atoms with Crippen LogP contribution < -0.4 is 0 Å². The van der Waals surface area contributed by atoms with E-state index in [1.54, 1.807) is 0 Å². The molecule has 0 N–H and O–H groups in total. The molecule has 0 fully saturated rings. The predicted molar refractivity (Wildman–Crippen MR) is 70.1 cm³/mol. The zero-order valence-electron chi connectivity index (χ0n) is 11.4. The van der Waals surface area contributed by atoms with Crippen LogP contribution in [0.1, 0.15) is 51.7 Å². The molecule has 0 amide bonds. The second-order valence-corrected chi connectivity index (χ2v) is 5.35. The Bertz CT molecular complexity index is 371. The number of esters is 1. The van der Waals surface area contributed by atoms with Crippen molar-refractivity contribution in [2.24, 2.45) is 0 Å². The van der Waals surface area contributed by atoms with Gasteiger partial charge in [0.15, 0.2) is 0 Å². The summed E-state index contributed by atoms with van der Waals surface area (Å²) in [6.07, 6.45) is 1.01. The van der Waals surface area contributed by atoms with Gasteiger partial charge in [-0.2, -0.15) is 0 Å². The predicted octanol–water partition coefficient (Wildman–Crippen LogP) is 3.69. The first-order valence-electron chi connectivity index (χ1n) is 6.15. The van der Waals surface area contributed by atoms with Gasteiger partial charge in [0, 0.05) is 0 Å². The lowest BCUT2D eigenvalue weighted by atomic mass is 9.99. The van der Waals surface area contributed by atoms with Gasteiger partial charge >= 0.3 is 5.97 Å². The molecule has 1 atom stereocenters. The Balaban J connectivity index is 2.74. The summed E-state index contributed by atoms with van der Waals surface area (Å²) in [5.74, 6) is -0.373. The molecular formula is C15H22O2. The maximum atomic E-state index is 11.9. The molecule has 0 spiro atoms. The standard InChI is InChI=1S/C15H22O2/c1-6-12-7-9-13(10-8-12)11(2)14(16)17-15(3,4)5/h7-11H,6H2,1-5H3/t11-/m0/s1. The van der Waals surface area contributed by atoms with Crippen molar-refractivity contribution in [1.29, 1.82) is 0 Å². The maximum Gasteiger partial charge on any atom is 0.313 e. The van der Waals surface area contributed by atoms with Crippen LogP contribution >= 0.6 is 0 Å². The number of carbonyl (C=O) groups is 1. The average Bonchev–Trinajstić information content (AvgIpc) is 2.26. The molecule has 0 aromatic heterocycles. The topological polar surface area (TPSA) is 26.3 Å². The number of ether oxygens (including phenoxy) is 1.